The van der Waals surface area contributed by atoms with Crippen molar-refractivity contribution in [2.45, 2.75) is 33.3 Å². The number of rotatable bonds is 5. The molecule has 0 atom stereocenters. The number of carbonyl (C=O) groups excluding carboxylic acids is 1. The first-order valence-corrected chi connectivity index (χ1v) is 9.99. The average molecular weight is 438 g/mol. The Morgan fingerprint density at radius 3 is 2.50 bits per heavy atom. The minimum atomic E-state index is -4.73. The lowest BCUT2D eigenvalue weighted by atomic mass is 9.96. The van der Waals surface area contributed by atoms with E-state index in [1.807, 2.05) is 32.0 Å². The maximum Gasteiger partial charge on any atom is 0.573 e. The van der Waals surface area contributed by atoms with Crippen LogP contribution in [0.2, 0.25) is 0 Å². The summed E-state index contributed by atoms with van der Waals surface area (Å²) in [4.78, 5) is 19.0. The quantitative estimate of drug-likeness (QED) is 0.480. The molecule has 1 amide bonds. The number of ether oxygens (including phenoxy) is 1. The number of hydrogen-bond acceptors (Lipinski definition) is 3. The fourth-order valence-corrected chi connectivity index (χ4v) is 3.87. The third-order valence-corrected chi connectivity index (χ3v) is 5.37. The summed E-state index contributed by atoms with van der Waals surface area (Å²) in [5.41, 5.74) is 6.98. The number of hydrogen-bond donors (Lipinski definition) is 0. The Kier molecular flexibility index (Phi) is 5.50. The second-order valence-corrected chi connectivity index (χ2v) is 7.92. The van der Waals surface area contributed by atoms with E-state index in [1.54, 1.807) is 17.3 Å². The van der Waals surface area contributed by atoms with E-state index in [9.17, 15) is 18.0 Å². The number of fused-ring (bicyclic) bond motifs is 1. The van der Waals surface area contributed by atoms with Crippen LogP contribution in [0.15, 0.2) is 61.4 Å². The average Bonchev–Trinajstić information content (AvgIpc) is 3.04. The molecule has 0 aliphatic carbocycles. The zero-order valence-corrected chi connectivity index (χ0v) is 17.7. The van der Waals surface area contributed by atoms with Crippen LogP contribution in [0.3, 0.4) is 0 Å². The highest BCUT2D eigenvalue weighted by atomic mass is 19.4. The van der Waals surface area contributed by atoms with Crippen molar-refractivity contribution in [3.63, 3.8) is 0 Å². The van der Waals surface area contributed by atoms with E-state index >= 15 is 0 Å². The lowest BCUT2D eigenvalue weighted by Gasteiger charge is -2.16. The molecule has 1 aliphatic heterocycles. The molecule has 2 heterocycles. The van der Waals surface area contributed by atoms with Gasteiger partial charge in [-0.15, -0.1) is 13.2 Å². The van der Waals surface area contributed by atoms with E-state index in [0.717, 1.165) is 39.0 Å². The van der Waals surface area contributed by atoms with E-state index in [0.29, 0.717) is 18.7 Å². The summed E-state index contributed by atoms with van der Waals surface area (Å²) in [7, 11) is 0. The van der Waals surface area contributed by atoms with Crippen LogP contribution in [0.5, 0.6) is 5.75 Å². The van der Waals surface area contributed by atoms with Crippen molar-refractivity contribution in [1.82, 2.24) is 9.88 Å². The summed E-state index contributed by atoms with van der Waals surface area (Å²) >= 11 is 0. The standard InChI is InChI=1S/C25H21F3N2O2/c1-15(2)19-10-20(12-29-11-19)18-8-16(3)23-21(9-18)14-30(24(23)31)13-17-4-6-22(7-5-17)32-25(26,27)28/h4-12H,1,13-14H2,2-3H3. The van der Waals surface area contributed by atoms with E-state index in [1.165, 1.54) is 24.3 Å². The molecule has 3 aromatic rings. The molecular weight excluding hydrogens is 417 g/mol. The van der Waals surface area contributed by atoms with Crippen molar-refractivity contribution in [1.29, 1.82) is 0 Å². The van der Waals surface area contributed by atoms with Gasteiger partial charge in [0, 0.05) is 36.6 Å². The van der Waals surface area contributed by atoms with Gasteiger partial charge in [-0.05, 0) is 71.5 Å². The Balaban J connectivity index is 1.55. The van der Waals surface area contributed by atoms with Crippen LogP contribution in [0.4, 0.5) is 13.2 Å². The third-order valence-electron chi connectivity index (χ3n) is 5.37. The first kappa shape index (κ1) is 21.6. The van der Waals surface area contributed by atoms with Gasteiger partial charge in [0.05, 0.1) is 0 Å². The predicted octanol–water partition coefficient (Wildman–Crippen LogP) is 6.14. The Bertz CT molecular complexity index is 1200. The first-order chi connectivity index (χ1) is 15.1. The lowest BCUT2D eigenvalue weighted by Crippen LogP contribution is -2.23. The van der Waals surface area contributed by atoms with E-state index in [2.05, 4.69) is 16.3 Å². The highest BCUT2D eigenvalue weighted by molar-refractivity contribution is 6.00. The number of allylic oxidation sites excluding steroid dienone is 1. The second-order valence-electron chi connectivity index (χ2n) is 7.92. The molecular formula is C25H21F3N2O2. The fraction of sp³-hybridized carbons (Fsp3) is 0.200. The maximum absolute atomic E-state index is 13.0. The Hall–Kier alpha value is -3.61. The summed E-state index contributed by atoms with van der Waals surface area (Å²) in [5, 5.41) is 0. The van der Waals surface area contributed by atoms with Crippen LogP contribution in [0.1, 0.15) is 39.5 Å². The van der Waals surface area contributed by atoms with Gasteiger partial charge in [0.25, 0.3) is 5.91 Å². The largest absolute Gasteiger partial charge is 0.573 e. The first-order valence-electron chi connectivity index (χ1n) is 9.99. The van der Waals surface area contributed by atoms with Gasteiger partial charge in [0.1, 0.15) is 5.75 Å². The van der Waals surface area contributed by atoms with E-state index in [4.69, 9.17) is 0 Å². The highest BCUT2D eigenvalue weighted by Crippen LogP contribution is 2.33. The minimum Gasteiger partial charge on any atom is -0.406 e. The number of pyridine rings is 1. The summed E-state index contributed by atoms with van der Waals surface area (Å²) in [6.45, 7) is 8.51. The summed E-state index contributed by atoms with van der Waals surface area (Å²) in [6.07, 6.45) is -1.18. The van der Waals surface area contributed by atoms with Crippen LogP contribution in [0.25, 0.3) is 16.7 Å². The molecule has 32 heavy (non-hydrogen) atoms. The number of amides is 1. The molecule has 4 rings (SSSR count). The summed E-state index contributed by atoms with van der Waals surface area (Å²) < 4.78 is 40.9. The molecule has 1 aliphatic rings. The maximum atomic E-state index is 13.0. The van der Waals surface area contributed by atoms with Crippen molar-refractivity contribution in [3.8, 4) is 16.9 Å². The SMILES string of the molecule is C=C(C)c1cncc(-c2cc(C)c3c(c2)CN(Cc2ccc(OC(F)(F)F)cc2)C3=O)c1. The number of aromatic nitrogens is 1. The zero-order valence-electron chi connectivity index (χ0n) is 17.7. The molecule has 164 valence electrons. The highest BCUT2D eigenvalue weighted by Gasteiger charge is 2.32. The monoisotopic (exact) mass is 438 g/mol. The zero-order chi connectivity index (χ0) is 23.0. The number of aryl methyl sites for hydroxylation is 1. The number of carbonyl (C=O) groups is 1. The minimum absolute atomic E-state index is 0.0894. The summed E-state index contributed by atoms with van der Waals surface area (Å²) in [5.74, 6) is -0.378. The Morgan fingerprint density at radius 1 is 1.12 bits per heavy atom. The molecule has 0 bridgehead atoms. The summed E-state index contributed by atoms with van der Waals surface area (Å²) in [6, 6.07) is 11.6. The fourth-order valence-electron chi connectivity index (χ4n) is 3.87. The third kappa shape index (κ3) is 4.51. The lowest BCUT2D eigenvalue weighted by molar-refractivity contribution is -0.274. The topological polar surface area (TPSA) is 42.4 Å². The number of nitrogens with zero attached hydrogens (tertiary/aromatic N) is 2. The van der Waals surface area contributed by atoms with Crippen molar-refractivity contribution in [2.75, 3.05) is 0 Å². The van der Waals surface area contributed by atoms with Crippen molar-refractivity contribution < 1.29 is 22.7 Å². The van der Waals surface area contributed by atoms with Gasteiger partial charge in [0.15, 0.2) is 0 Å². The molecule has 0 unspecified atom stereocenters. The number of benzene rings is 2. The molecule has 0 saturated heterocycles. The van der Waals surface area contributed by atoms with Gasteiger partial charge in [-0.25, -0.2) is 0 Å². The smallest absolute Gasteiger partial charge is 0.406 e. The Labute approximate surface area is 184 Å². The number of halogens is 3. The molecule has 0 N–H and O–H groups in total. The predicted molar refractivity (Wildman–Crippen MR) is 116 cm³/mol. The molecule has 2 aromatic carbocycles. The van der Waals surface area contributed by atoms with E-state index in [-0.39, 0.29) is 11.7 Å². The molecule has 0 fully saturated rings. The normalized spacial score (nSPS) is 13.3. The van der Waals surface area contributed by atoms with Gasteiger partial charge in [-0.3, -0.25) is 9.78 Å². The van der Waals surface area contributed by atoms with E-state index < -0.39 is 6.36 Å². The Morgan fingerprint density at radius 2 is 1.84 bits per heavy atom. The van der Waals surface area contributed by atoms with Crippen LogP contribution < -0.4 is 4.74 Å². The molecule has 0 saturated carbocycles. The molecule has 4 nitrogen and oxygen atoms in total. The molecule has 1 aromatic heterocycles. The van der Waals surface area contributed by atoms with Crippen LogP contribution in [0, 0.1) is 6.92 Å². The van der Waals surface area contributed by atoms with Gasteiger partial charge in [0.2, 0.25) is 0 Å². The van der Waals surface area contributed by atoms with Gasteiger partial charge < -0.3 is 9.64 Å². The van der Waals surface area contributed by atoms with Crippen LogP contribution in [-0.2, 0) is 13.1 Å². The van der Waals surface area contributed by atoms with Crippen molar-refractivity contribution >= 4 is 11.5 Å². The molecule has 7 heteroatoms. The molecule has 0 radical (unpaired) electrons. The van der Waals surface area contributed by atoms with Crippen molar-refractivity contribution in [2.24, 2.45) is 0 Å². The second kappa shape index (κ2) is 8.15. The van der Waals surface area contributed by atoms with Crippen LogP contribution in [-0.4, -0.2) is 22.2 Å². The van der Waals surface area contributed by atoms with Gasteiger partial charge in [-0.1, -0.05) is 24.8 Å². The van der Waals surface area contributed by atoms with Crippen molar-refractivity contribution in [3.05, 3.63) is 89.3 Å². The van der Waals surface area contributed by atoms with Gasteiger partial charge >= 0.3 is 6.36 Å². The van der Waals surface area contributed by atoms with Crippen LogP contribution >= 0.6 is 0 Å². The number of alkyl halides is 3. The molecule has 0 spiro atoms. The van der Waals surface area contributed by atoms with Gasteiger partial charge in [-0.2, -0.15) is 0 Å².